The monoisotopic (exact) mass is 792 g/mol. The zero-order chi connectivity index (χ0) is 39.2. The van der Waals surface area contributed by atoms with E-state index in [4.69, 9.17) is 28.9 Å². The zero-order valence-corrected chi connectivity index (χ0v) is 33.5. The number of aromatic amines is 2. The number of hydrogen-bond donors (Lipinski definition) is 5. The molecule has 0 atom stereocenters. The van der Waals surface area contributed by atoms with Crippen molar-refractivity contribution in [2.75, 3.05) is 64.0 Å². The predicted octanol–water partition coefficient (Wildman–Crippen LogP) is 8.30. The van der Waals surface area contributed by atoms with Crippen LogP contribution in [-0.4, -0.2) is 102 Å². The number of amides is 2. The molecule has 2 aliphatic heterocycles. The van der Waals surface area contributed by atoms with Gasteiger partial charge in [-0.05, 0) is 87.3 Å². The fourth-order valence-corrected chi connectivity index (χ4v) is 8.13. The largest absolute Gasteiger partial charge is 0.380 e. The summed E-state index contributed by atoms with van der Waals surface area (Å²) in [5, 5.41) is 10.9. The maximum atomic E-state index is 12.3. The molecule has 6 aromatic rings. The summed E-state index contributed by atoms with van der Waals surface area (Å²) in [4.78, 5) is 36.8. The lowest BCUT2D eigenvalue weighted by molar-refractivity contribution is -0.133. The number of likely N-dealkylation sites (tertiary alicyclic amines) is 2. The lowest BCUT2D eigenvalue weighted by Gasteiger charge is -2.33. The highest BCUT2D eigenvalue weighted by atomic mass is 35.5. The van der Waals surface area contributed by atoms with Crippen molar-refractivity contribution in [1.82, 2.24) is 24.7 Å². The number of fused-ring (bicyclic) bond motifs is 2. The number of piperidine rings is 2. The summed E-state index contributed by atoms with van der Waals surface area (Å²) in [5.41, 5.74) is 14.1. The molecule has 56 heavy (non-hydrogen) atoms. The molecule has 12 heteroatoms. The number of benzene rings is 4. The van der Waals surface area contributed by atoms with Crippen molar-refractivity contribution >= 4 is 68.2 Å². The van der Waals surface area contributed by atoms with Crippen molar-refractivity contribution in [3.63, 3.8) is 0 Å². The Balaban J connectivity index is 0.000000172. The van der Waals surface area contributed by atoms with E-state index in [1.54, 1.807) is 0 Å². The van der Waals surface area contributed by atoms with Gasteiger partial charge >= 0.3 is 0 Å². The molecule has 8 rings (SSSR count). The molecule has 0 unspecified atom stereocenters. The average molecular weight is 794 g/mol. The number of halogens is 2. The fourth-order valence-electron chi connectivity index (χ4n) is 7.68. The zero-order valence-electron chi connectivity index (χ0n) is 32.0. The molecule has 2 aromatic heterocycles. The van der Waals surface area contributed by atoms with E-state index in [1.165, 1.54) is 0 Å². The summed E-state index contributed by atoms with van der Waals surface area (Å²) in [7, 11) is 3.85. The van der Waals surface area contributed by atoms with Crippen LogP contribution in [0.3, 0.4) is 0 Å². The van der Waals surface area contributed by atoms with E-state index in [0.717, 1.165) is 113 Å². The van der Waals surface area contributed by atoms with E-state index in [-0.39, 0.29) is 18.4 Å². The van der Waals surface area contributed by atoms with Crippen LogP contribution in [0.4, 0.5) is 11.4 Å². The van der Waals surface area contributed by atoms with Gasteiger partial charge in [0.25, 0.3) is 0 Å². The minimum absolute atomic E-state index is 0.0236. The van der Waals surface area contributed by atoms with E-state index in [2.05, 4.69) is 57.0 Å². The van der Waals surface area contributed by atoms with Crippen molar-refractivity contribution in [3.8, 4) is 22.5 Å². The standard InChI is InChI=1S/C23H27ClN4O.C21H23ClN4O/c1-27(2)15-22(29)28-10-8-19(9-11-28)25-21-14-18(24)12-17-13-20(26-23(17)21)16-6-4-3-5-7-16;22-16-10-15-11-18(14-4-2-1-3-5-14)25-21(15)19(12-16)24-17-6-8-26(9-7-17)20(27)13-23/h3-7,12-14,19,25-26H,8-11,15H2,1-2H3;1-5,10-12,17,24-25H,6-9,13,23H2. The van der Waals surface area contributed by atoms with E-state index in [0.29, 0.717) is 23.7 Å². The number of nitrogens with zero attached hydrogens (tertiary/aromatic N) is 3. The molecule has 2 saturated heterocycles. The predicted molar refractivity (Wildman–Crippen MR) is 232 cm³/mol. The highest BCUT2D eigenvalue weighted by molar-refractivity contribution is 6.32. The Hall–Kier alpha value is -5.00. The van der Waals surface area contributed by atoms with Crippen molar-refractivity contribution < 1.29 is 9.59 Å². The molecule has 6 N–H and O–H groups in total. The van der Waals surface area contributed by atoms with Crippen LogP contribution in [0.15, 0.2) is 97.1 Å². The first-order valence-electron chi connectivity index (χ1n) is 19.3. The van der Waals surface area contributed by atoms with Gasteiger partial charge in [-0.1, -0.05) is 83.9 Å². The molecule has 4 heterocycles. The number of likely N-dealkylation sites (N-methyl/N-ethyl adjacent to an activating group) is 1. The van der Waals surface area contributed by atoms with Gasteiger partial charge in [0, 0.05) is 70.5 Å². The lowest BCUT2D eigenvalue weighted by Crippen LogP contribution is -2.45. The Morgan fingerprint density at radius 3 is 1.46 bits per heavy atom. The molecular weight excluding hydrogens is 743 g/mol. The number of carbonyl (C=O) groups excluding carboxylic acids is 2. The molecule has 2 fully saturated rings. The number of nitrogens with one attached hydrogen (secondary N) is 4. The van der Waals surface area contributed by atoms with E-state index >= 15 is 0 Å². The molecule has 0 radical (unpaired) electrons. The minimum atomic E-state index is 0.0236. The molecule has 0 saturated carbocycles. The Bertz CT molecular complexity index is 2260. The van der Waals surface area contributed by atoms with Gasteiger partial charge in [0.2, 0.25) is 11.8 Å². The second-order valence-electron chi connectivity index (χ2n) is 15.0. The number of hydrogen-bond acceptors (Lipinski definition) is 6. The summed E-state index contributed by atoms with van der Waals surface area (Å²) in [6, 6.07) is 33.4. The van der Waals surface area contributed by atoms with E-state index in [1.807, 2.05) is 89.5 Å². The van der Waals surface area contributed by atoms with Crippen LogP contribution in [0.25, 0.3) is 44.3 Å². The summed E-state index contributed by atoms with van der Waals surface area (Å²) < 4.78 is 0. The van der Waals surface area contributed by atoms with Gasteiger partial charge in [0.1, 0.15) is 0 Å². The van der Waals surface area contributed by atoms with Crippen molar-refractivity contribution in [3.05, 3.63) is 107 Å². The number of aromatic nitrogens is 2. The first-order chi connectivity index (χ1) is 27.1. The summed E-state index contributed by atoms with van der Waals surface area (Å²) in [5.74, 6) is 0.228. The molecule has 292 valence electrons. The fraction of sp³-hybridized carbons (Fsp3) is 0.318. The second kappa shape index (κ2) is 17.9. The molecule has 2 aliphatic rings. The number of anilines is 2. The minimum Gasteiger partial charge on any atom is -0.380 e. The van der Waals surface area contributed by atoms with Gasteiger partial charge in [-0.2, -0.15) is 0 Å². The smallest absolute Gasteiger partial charge is 0.236 e. The van der Waals surface area contributed by atoms with Gasteiger partial charge in [-0.3, -0.25) is 9.59 Å². The van der Waals surface area contributed by atoms with Crippen molar-refractivity contribution in [2.24, 2.45) is 5.73 Å². The molecular formula is C44H50Cl2N8O2. The maximum absolute atomic E-state index is 12.3. The third-order valence-corrected chi connectivity index (χ3v) is 11.0. The van der Waals surface area contributed by atoms with Crippen LogP contribution in [0.2, 0.25) is 10.0 Å². The number of H-pyrrole nitrogens is 2. The van der Waals surface area contributed by atoms with E-state index in [9.17, 15) is 9.59 Å². The third-order valence-electron chi connectivity index (χ3n) is 10.6. The van der Waals surface area contributed by atoms with Crippen LogP contribution in [-0.2, 0) is 9.59 Å². The highest BCUT2D eigenvalue weighted by Gasteiger charge is 2.25. The third kappa shape index (κ3) is 9.50. The van der Waals surface area contributed by atoms with Crippen LogP contribution in [0, 0.1) is 0 Å². The van der Waals surface area contributed by atoms with Crippen LogP contribution in [0.1, 0.15) is 25.7 Å². The summed E-state index contributed by atoms with van der Waals surface area (Å²) >= 11 is 12.8. The topological polar surface area (TPSA) is 126 Å². The molecule has 0 bridgehead atoms. The Kier molecular flexibility index (Phi) is 12.5. The number of carbonyl (C=O) groups is 2. The Labute approximate surface area is 338 Å². The van der Waals surface area contributed by atoms with Crippen LogP contribution in [0.5, 0.6) is 0 Å². The Morgan fingerprint density at radius 1 is 0.661 bits per heavy atom. The van der Waals surface area contributed by atoms with Gasteiger partial charge in [0.05, 0.1) is 35.5 Å². The van der Waals surface area contributed by atoms with Gasteiger partial charge in [0.15, 0.2) is 0 Å². The van der Waals surface area contributed by atoms with Gasteiger partial charge in [-0.25, -0.2) is 0 Å². The van der Waals surface area contributed by atoms with E-state index < -0.39 is 0 Å². The number of rotatable bonds is 9. The van der Waals surface area contributed by atoms with Crippen LogP contribution < -0.4 is 16.4 Å². The molecule has 2 amide bonds. The normalized spacial score (nSPS) is 15.2. The van der Waals surface area contributed by atoms with Gasteiger partial charge < -0.3 is 41.0 Å². The SMILES string of the molecule is CN(C)CC(=O)N1CCC(Nc2cc(Cl)cc3cc(-c4ccccc4)[nH]c23)CC1.NCC(=O)N1CCC(Nc2cc(Cl)cc3cc(-c4ccccc4)[nH]c23)CC1. The average Bonchev–Trinajstić information content (AvgIpc) is 3.84. The molecule has 0 aliphatic carbocycles. The van der Waals surface area contributed by atoms with Crippen LogP contribution >= 0.6 is 23.2 Å². The Morgan fingerprint density at radius 2 is 1.07 bits per heavy atom. The van der Waals surface area contributed by atoms with Gasteiger partial charge in [-0.15, -0.1) is 0 Å². The van der Waals surface area contributed by atoms with Crippen molar-refractivity contribution in [1.29, 1.82) is 0 Å². The second-order valence-corrected chi connectivity index (χ2v) is 15.8. The summed E-state index contributed by atoms with van der Waals surface area (Å²) in [6.45, 7) is 3.59. The van der Waals surface area contributed by atoms with Crippen molar-refractivity contribution in [2.45, 2.75) is 37.8 Å². The quantitative estimate of drug-likeness (QED) is 0.100. The molecule has 0 spiro atoms. The summed E-state index contributed by atoms with van der Waals surface area (Å²) in [6.07, 6.45) is 3.65. The lowest BCUT2D eigenvalue weighted by atomic mass is 10.0. The first kappa shape index (κ1) is 39.2. The molecule has 4 aromatic carbocycles. The highest BCUT2D eigenvalue weighted by Crippen LogP contribution is 2.34. The molecule has 10 nitrogen and oxygen atoms in total. The maximum Gasteiger partial charge on any atom is 0.236 e. The number of nitrogens with two attached hydrogens (primary N) is 1. The first-order valence-corrected chi connectivity index (χ1v) is 20.1.